The summed E-state index contributed by atoms with van der Waals surface area (Å²) < 4.78 is 0. The molecule has 0 rings (SSSR count). The first-order valence-corrected chi connectivity index (χ1v) is 5.90. The van der Waals surface area contributed by atoms with Crippen molar-refractivity contribution >= 4 is 34.7 Å². The van der Waals surface area contributed by atoms with Crippen LogP contribution in [0.5, 0.6) is 0 Å². The Bertz CT molecular complexity index is 187. The molecule has 2 heteroatoms. The normalized spacial score (nSPS) is 17.5. The van der Waals surface area contributed by atoms with Crippen LogP contribution < -0.4 is 0 Å². The van der Waals surface area contributed by atoms with Gasteiger partial charge in [-0.1, -0.05) is 58.6 Å². The molecular weight excluding hydrogens is 196 g/mol. The SMILES string of the molecule is CCCC(C)(C=S)C(=S)C(C)CC. The van der Waals surface area contributed by atoms with Crippen molar-refractivity contribution in [3.05, 3.63) is 0 Å². The first kappa shape index (κ1) is 13.2. The van der Waals surface area contributed by atoms with Gasteiger partial charge in [0.1, 0.15) is 0 Å². The van der Waals surface area contributed by atoms with Gasteiger partial charge in [-0.05, 0) is 24.1 Å². The molecule has 76 valence electrons. The van der Waals surface area contributed by atoms with Crippen LogP contribution in [-0.4, -0.2) is 10.2 Å². The Hall–Kier alpha value is 0.180. The highest BCUT2D eigenvalue weighted by Gasteiger charge is 2.28. The molecule has 0 bridgehead atoms. The van der Waals surface area contributed by atoms with Gasteiger partial charge in [-0.25, -0.2) is 0 Å². The highest BCUT2D eigenvalue weighted by atomic mass is 32.1. The van der Waals surface area contributed by atoms with Crippen molar-refractivity contribution < 1.29 is 0 Å². The van der Waals surface area contributed by atoms with Crippen molar-refractivity contribution in [2.24, 2.45) is 11.3 Å². The van der Waals surface area contributed by atoms with Crippen molar-refractivity contribution in [3.8, 4) is 0 Å². The third-order valence-electron chi connectivity index (χ3n) is 2.65. The van der Waals surface area contributed by atoms with Crippen LogP contribution in [0.1, 0.15) is 47.0 Å². The minimum atomic E-state index is -0.00512. The third kappa shape index (κ3) is 3.43. The average molecular weight is 216 g/mol. The minimum absolute atomic E-state index is 0.00512. The lowest BCUT2D eigenvalue weighted by molar-refractivity contribution is 0.553. The predicted molar refractivity (Wildman–Crippen MR) is 68.7 cm³/mol. The van der Waals surface area contributed by atoms with Gasteiger partial charge in [0.15, 0.2) is 0 Å². The van der Waals surface area contributed by atoms with Gasteiger partial charge < -0.3 is 0 Å². The van der Waals surface area contributed by atoms with Crippen molar-refractivity contribution in [2.45, 2.75) is 47.0 Å². The fourth-order valence-electron chi connectivity index (χ4n) is 1.51. The van der Waals surface area contributed by atoms with Crippen LogP contribution in [0.3, 0.4) is 0 Å². The zero-order valence-electron chi connectivity index (χ0n) is 9.09. The summed E-state index contributed by atoms with van der Waals surface area (Å²) in [6, 6.07) is 0. The van der Waals surface area contributed by atoms with E-state index in [1.54, 1.807) is 0 Å². The molecule has 2 atom stereocenters. The van der Waals surface area contributed by atoms with E-state index in [-0.39, 0.29) is 5.41 Å². The number of hydrogen-bond acceptors (Lipinski definition) is 2. The maximum absolute atomic E-state index is 5.48. The Morgan fingerprint density at radius 1 is 1.46 bits per heavy atom. The Morgan fingerprint density at radius 2 is 2.00 bits per heavy atom. The van der Waals surface area contributed by atoms with Gasteiger partial charge in [-0.2, -0.15) is 0 Å². The molecule has 0 aromatic heterocycles. The second-order valence-corrected chi connectivity index (χ2v) is 4.63. The summed E-state index contributed by atoms with van der Waals surface area (Å²) in [5.41, 5.74) is -0.00512. The summed E-state index contributed by atoms with van der Waals surface area (Å²) in [5, 5.41) is 1.85. The largest absolute Gasteiger partial charge is 0.0925 e. The zero-order valence-corrected chi connectivity index (χ0v) is 10.7. The Balaban J connectivity index is 4.55. The van der Waals surface area contributed by atoms with Crippen molar-refractivity contribution in [3.63, 3.8) is 0 Å². The number of rotatable bonds is 6. The molecule has 0 N–H and O–H groups in total. The van der Waals surface area contributed by atoms with E-state index >= 15 is 0 Å². The van der Waals surface area contributed by atoms with E-state index in [2.05, 4.69) is 27.7 Å². The number of hydrogen-bond donors (Lipinski definition) is 0. The molecule has 0 aliphatic carbocycles. The van der Waals surface area contributed by atoms with Crippen molar-refractivity contribution in [1.29, 1.82) is 0 Å². The van der Waals surface area contributed by atoms with Crippen LogP contribution in [-0.2, 0) is 0 Å². The summed E-state index contributed by atoms with van der Waals surface area (Å²) >= 11 is 10.6. The molecule has 0 aliphatic heterocycles. The topological polar surface area (TPSA) is 0 Å². The smallest absolute Gasteiger partial charge is 0.0274 e. The maximum atomic E-state index is 5.48. The van der Waals surface area contributed by atoms with E-state index in [1.165, 1.54) is 0 Å². The van der Waals surface area contributed by atoms with Crippen LogP contribution >= 0.6 is 24.4 Å². The van der Waals surface area contributed by atoms with Crippen LogP contribution in [0.15, 0.2) is 0 Å². The summed E-state index contributed by atoms with van der Waals surface area (Å²) in [4.78, 5) is 1.13. The molecule has 0 aliphatic rings. The second-order valence-electron chi connectivity index (χ2n) is 3.96. The summed E-state index contributed by atoms with van der Waals surface area (Å²) in [7, 11) is 0. The molecule has 0 heterocycles. The molecule has 0 nitrogen and oxygen atoms in total. The monoisotopic (exact) mass is 216 g/mol. The molecule has 13 heavy (non-hydrogen) atoms. The van der Waals surface area contributed by atoms with E-state index in [0.29, 0.717) is 5.92 Å². The van der Waals surface area contributed by atoms with E-state index in [9.17, 15) is 0 Å². The first-order chi connectivity index (χ1) is 6.01. The van der Waals surface area contributed by atoms with Gasteiger partial charge in [0.2, 0.25) is 0 Å². The Morgan fingerprint density at radius 3 is 2.31 bits per heavy atom. The molecule has 0 fully saturated rings. The van der Waals surface area contributed by atoms with E-state index in [1.807, 2.05) is 5.37 Å². The van der Waals surface area contributed by atoms with Crippen LogP contribution in [0, 0.1) is 11.3 Å². The molecule has 0 saturated carbocycles. The highest BCUT2D eigenvalue weighted by Crippen LogP contribution is 2.28. The summed E-state index contributed by atoms with van der Waals surface area (Å²) in [6.45, 7) is 8.70. The van der Waals surface area contributed by atoms with Gasteiger partial charge in [-0.15, -0.1) is 0 Å². The van der Waals surface area contributed by atoms with E-state index in [0.717, 1.165) is 24.1 Å². The molecule has 2 unspecified atom stereocenters. The van der Waals surface area contributed by atoms with Crippen molar-refractivity contribution in [1.82, 2.24) is 0 Å². The second kappa shape index (κ2) is 5.82. The molecule has 0 aromatic carbocycles. The van der Waals surface area contributed by atoms with Gasteiger partial charge in [0.25, 0.3) is 0 Å². The molecule has 0 spiro atoms. The fraction of sp³-hybridized carbons (Fsp3) is 0.818. The quantitative estimate of drug-likeness (QED) is 0.610. The molecule has 0 radical (unpaired) electrons. The van der Waals surface area contributed by atoms with Crippen LogP contribution in [0.4, 0.5) is 0 Å². The van der Waals surface area contributed by atoms with Gasteiger partial charge >= 0.3 is 0 Å². The fourth-order valence-corrected chi connectivity index (χ4v) is 2.15. The lowest BCUT2D eigenvalue weighted by Gasteiger charge is -2.28. The standard InChI is InChI=1S/C11H20S2/c1-5-7-11(4,8-12)10(13)9(3)6-2/h8-9H,5-7H2,1-4H3. The van der Waals surface area contributed by atoms with E-state index in [4.69, 9.17) is 24.4 Å². The van der Waals surface area contributed by atoms with Gasteiger partial charge in [0.05, 0.1) is 0 Å². The lowest BCUT2D eigenvalue weighted by Crippen LogP contribution is -2.31. The minimum Gasteiger partial charge on any atom is -0.0925 e. The lowest BCUT2D eigenvalue weighted by atomic mass is 9.79. The third-order valence-corrected chi connectivity index (χ3v) is 4.04. The molecule has 0 saturated heterocycles. The summed E-state index contributed by atoms with van der Waals surface area (Å²) in [5.74, 6) is 0.505. The molecular formula is C11H20S2. The van der Waals surface area contributed by atoms with Gasteiger partial charge in [-0.3, -0.25) is 0 Å². The Kier molecular flexibility index (Phi) is 5.90. The van der Waals surface area contributed by atoms with E-state index < -0.39 is 0 Å². The summed E-state index contributed by atoms with van der Waals surface area (Å²) in [6.07, 6.45) is 3.33. The number of thiocarbonyl (C=S) groups is 2. The van der Waals surface area contributed by atoms with Crippen LogP contribution in [0.25, 0.3) is 0 Å². The van der Waals surface area contributed by atoms with Crippen LogP contribution in [0.2, 0.25) is 0 Å². The first-order valence-electron chi connectivity index (χ1n) is 5.02. The molecule has 0 aromatic rings. The zero-order chi connectivity index (χ0) is 10.5. The predicted octanol–water partition coefficient (Wildman–Crippen LogP) is 4.21. The van der Waals surface area contributed by atoms with Gasteiger partial charge in [0, 0.05) is 10.3 Å². The highest BCUT2D eigenvalue weighted by molar-refractivity contribution is 7.81. The molecule has 0 amide bonds. The Labute approximate surface area is 93.1 Å². The maximum Gasteiger partial charge on any atom is 0.0274 e. The van der Waals surface area contributed by atoms with Crippen molar-refractivity contribution in [2.75, 3.05) is 0 Å². The average Bonchev–Trinajstić information content (AvgIpc) is 2.15.